The molecule has 0 bridgehead atoms. The Morgan fingerprint density at radius 3 is 2.73 bits per heavy atom. The summed E-state index contributed by atoms with van der Waals surface area (Å²) in [5, 5.41) is 17.6. The summed E-state index contributed by atoms with van der Waals surface area (Å²) < 4.78 is 5.29. The third kappa shape index (κ3) is 4.26. The molecule has 1 fully saturated rings. The second kappa shape index (κ2) is 9.15. The summed E-state index contributed by atoms with van der Waals surface area (Å²) in [6, 6.07) is 12.8. The van der Waals surface area contributed by atoms with Crippen molar-refractivity contribution in [3.8, 4) is 28.3 Å². The van der Waals surface area contributed by atoms with Crippen LogP contribution in [0.3, 0.4) is 0 Å². The van der Waals surface area contributed by atoms with Crippen LogP contribution in [0.15, 0.2) is 48.8 Å². The van der Waals surface area contributed by atoms with Crippen molar-refractivity contribution in [3.05, 3.63) is 48.8 Å². The molecule has 0 aliphatic heterocycles. The van der Waals surface area contributed by atoms with Gasteiger partial charge in [-0.15, -0.1) is 10.2 Å². The minimum absolute atomic E-state index is 0.264. The highest BCUT2D eigenvalue weighted by molar-refractivity contribution is 6.02. The van der Waals surface area contributed by atoms with Gasteiger partial charge in [-0.1, -0.05) is 18.9 Å². The molecule has 3 aromatic heterocycles. The van der Waals surface area contributed by atoms with Crippen LogP contribution in [0, 0.1) is 0 Å². The van der Waals surface area contributed by atoms with Gasteiger partial charge in [-0.25, -0.2) is 4.98 Å². The highest BCUT2D eigenvalue weighted by atomic mass is 16.5. The van der Waals surface area contributed by atoms with E-state index in [1.807, 2.05) is 30.5 Å². The second-order valence-electron chi connectivity index (χ2n) is 8.73. The molecule has 2 atom stereocenters. The number of rotatable bonds is 5. The van der Waals surface area contributed by atoms with Crippen molar-refractivity contribution in [1.82, 2.24) is 25.4 Å². The summed E-state index contributed by atoms with van der Waals surface area (Å²) in [4.78, 5) is 6.44. The molecule has 0 radical (unpaired) electrons. The third-order valence-electron chi connectivity index (χ3n) is 6.64. The van der Waals surface area contributed by atoms with Gasteiger partial charge in [0, 0.05) is 42.3 Å². The van der Waals surface area contributed by atoms with Gasteiger partial charge in [0.25, 0.3) is 0 Å². The zero-order valence-electron chi connectivity index (χ0n) is 19.0. The molecule has 0 spiro atoms. The Hall–Kier alpha value is -3.52. The number of ether oxygens (including phenoxy) is 1. The van der Waals surface area contributed by atoms with Crippen LogP contribution in [0.5, 0.6) is 5.88 Å². The highest BCUT2D eigenvalue weighted by Gasteiger charge is 2.22. The molecule has 1 saturated carbocycles. The molecule has 3 heterocycles. The number of nitrogens with zero attached hydrogens (tertiary/aromatic N) is 5. The van der Waals surface area contributed by atoms with Crippen molar-refractivity contribution < 1.29 is 4.74 Å². The molecule has 0 saturated heterocycles. The monoisotopic (exact) mass is 443 g/mol. The standard InChI is InChI=1S/C25H29N7O/c1-32(18-6-4-3-5-17(26)14-18)23-10-9-22(29-30-23)20-8-7-19(21-15-28-31-25(20)21)16-11-12-27-24(13-16)33-2/h7-13,15,17-18H,3-6,14,26H2,1-2H3,(H,28,31). The fraction of sp³-hybridized carbons (Fsp3) is 0.360. The van der Waals surface area contributed by atoms with E-state index in [0.717, 1.165) is 58.4 Å². The second-order valence-corrected chi connectivity index (χ2v) is 8.73. The van der Waals surface area contributed by atoms with Crippen molar-refractivity contribution in [2.75, 3.05) is 19.1 Å². The van der Waals surface area contributed by atoms with Crippen LogP contribution in [-0.2, 0) is 0 Å². The van der Waals surface area contributed by atoms with Gasteiger partial charge >= 0.3 is 0 Å². The average Bonchev–Trinajstić information content (AvgIpc) is 3.25. The number of nitrogens with one attached hydrogen (secondary N) is 1. The number of fused-ring (bicyclic) bond motifs is 1. The lowest BCUT2D eigenvalue weighted by atomic mass is 9.99. The van der Waals surface area contributed by atoms with Gasteiger partial charge in [-0.3, -0.25) is 5.10 Å². The molecular formula is C25H29N7O. The lowest BCUT2D eigenvalue weighted by Crippen LogP contribution is -2.36. The minimum atomic E-state index is 0.264. The normalized spacial score (nSPS) is 18.8. The number of aromatic amines is 1. The van der Waals surface area contributed by atoms with E-state index in [0.29, 0.717) is 11.9 Å². The Morgan fingerprint density at radius 2 is 1.91 bits per heavy atom. The minimum Gasteiger partial charge on any atom is -0.481 e. The average molecular weight is 444 g/mol. The molecular weight excluding hydrogens is 414 g/mol. The topological polar surface area (TPSA) is 106 Å². The van der Waals surface area contributed by atoms with Crippen LogP contribution >= 0.6 is 0 Å². The maximum absolute atomic E-state index is 6.27. The summed E-state index contributed by atoms with van der Waals surface area (Å²) in [7, 11) is 3.71. The summed E-state index contributed by atoms with van der Waals surface area (Å²) in [6.07, 6.45) is 9.25. The molecule has 8 nitrogen and oxygen atoms in total. The maximum atomic E-state index is 6.27. The molecule has 1 aromatic carbocycles. The van der Waals surface area contributed by atoms with Gasteiger partial charge in [0.1, 0.15) is 0 Å². The molecule has 4 aromatic rings. The largest absolute Gasteiger partial charge is 0.481 e. The van der Waals surface area contributed by atoms with E-state index >= 15 is 0 Å². The number of methoxy groups -OCH3 is 1. The molecule has 8 heteroatoms. The Bertz CT molecular complexity index is 1240. The first-order chi connectivity index (χ1) is 16.1. The third-order valence-corrected chi connectivity index (χ3v) is 6.64. The quantitative estimate of drug-likeness (QED) is 0.446. The first-order valence-corrected chi connectivity index (χ1v) is 11.4. The zero-order chi connectivity index (χ0) is 22.8. The van der Waals surface area contributed by atoms with Crippen LogP contribution in [0.25, 0.3) is 33.3 Å². The Morgan fingerprint density at radius 1 is 1.06 bits per heavy atom. The Balaban J connectivity index is 1.44. The van der Waals surface area contributed by atoms with Crippen molar-refractivity contribution in [2.24, 2.45) is 5.73 Å². The number of pyridine rings is 1. The molecule has 5 rings (SSSR count). The molecule has 3 N–H and O–H groups in total. The van der Waals surface area contributed by atoms with Gasteiger partial charge in [0.05, 0.1) is 24.5 Å². The van der Waals surface area contributed by atoms with Gasteiger partial charge in [0.2, 0.25) is 5.88 Å². The number of H-pyrrole nitrogens is 1. The van der Waals surface area contributed by atoms with Crippen molar-refractivity contribution in [1.29, 1.82) is 0 Å². The number of anilines is 1. The van der Waals surface area contributed by atoms with E-state index in [1.165, 1.54) is 12.8 Å². The molecule has 33 heavy (non-hydrogen) atoms. The number of benzene rings is 1. The fourth-order valence-corrected chi connectivity index (χ4v) is 4.76. The molecule has 170 valence electrons. The van der Waals surface area contributed by atoms with E-state index in [9.17, 15) is 0 Å². The Labute approximate surface area is 193 Å². The van der Waals surface area contributed by atoms with E-state index in [-0.39, 0.29) is 6.04 Å². The van der Waals surface area contributed by atoms with E-state index in [2.05, 4.69) is 49.5 Å². The first kappa shape index (κ1) is 21.3. The molecule has 1 aliphatic carbocycles. The summed E-state index contributed by atoms with van der Waals surface area (Å²) in [6.45, 7) is 0. The fourth-order valence-electron chi connectivity index (χ4n) is 4.76. The van der Waals surface area contributed by atoms with Gasteiger partial charge in [-0.05, 0) is 54.7 Å². The van der Waals surface area contributed by atoms with Gasteiger partial charge in [0.15, 0.2) is 5.82 Å². The van der Waals surface area contributed by atoms with E-state index < -0.39 is 0 Å². The number of hydrogen-bond donors (Lipinski definition) is 2. The molecule has 0 amide bonds. The van der Waals surface area contributed by atoms with E-state index in [4.69, 9.17) is 10.5 Å². The van der Waals surface area contributed by atoms with Crippen molar-refractivity contribution in [2.45, 2.75) is 44.2 Å². The van der Waals surface area contributed by atoms with Gasteiger partial charge < -0.3 is 15.4 Å². The van der Waals surface area contributed by atoms with Crippen LogP contribution < -0.4 is 15.4 Å². The lowest BCUT2D eigenvalue weighted by Gasteiger charge is -2.29. The van der Waals surface area contributed by atoms with Gasteiger partial charge in [-0.2, -0.15) is 5.10 Å². The first-order valence-electron chi connectivity index (χ1n) is 11.4. The van der Waals surface area contributed by atoms with Crippen LogP contribution in [0.2, 0.25) is 0 Å². The summed E-state index contributed by atoms with van der Waals surface area (Å²) >= 11 is 0. The molecule has 1 aliphatic rings. The van der Waals surface area contributed by atoms with Crippen molar-refractivity contribution >= 4 is 16.7 Å². The lowest BCUT2D eigenvalue weighted by molar-refractivity contribution is 0.398. The van der Waals surface area contributed by atoms with Crippen LogP contribution in [0.1, 0.15) is 32.1 Å². The number of hydrogen-bond acceptors (Lipinski definition) is 7. The SMILES string of the molecule is COc1cc(-c2ccc(-c3ccc(N(C)C4CCCCC(N)C4)nn3)c3[nH]ncc23)ccn1. The summed E-state index contributed by atoms with van der Waals surface area (Å²) in [5.41, 5.74) is 11.0. The zero-order valence-corrected chi connectivity index (χ0v) is 19.0. The Kier molecular flexibility index (Phi) is 5.92. The summed E-state index contributed by atoms with van der Waals surface area (Å²) in [5.74, 6) is 1.45. The maximum Gasteiger partial charge on any atom is 0.213 e. The predicted molar refractivity (Wildman–Crippen MR) is 130 cm³/mol. The molecule has 2 unspecified atom stereocenters. The van der Waals surface area contributed by atoms with E-state index in [1.54, 1.807) is 13.3 Å². The predicted octanol–water partition coefficient (Wildman–Crippen LogP) is 4.19. The van der Waals surface area contributed by atoms with Crippen LogP contribution in [-0.4, -0.2) is 51.6 Å². The van der Waals surface area contributed by atoms with Crippen molar-refractivity contribution in [3.63, 3.8) is 0 Å². The highest BCUT2D eigenvalue weighted by Crippen LogP contribution is 2.34. The number of nitrogens with two attached hydrogens (primary N) is 1. The smallest absolute Gasteiger partial charge is 0.213 e. The number of aromatic nitrogens is 5. The van der Waals surface area contributed by atoms with Crippen LogP contribution in [0.4, 0.5) is 5.82 Å².